The first-order chi connectivity index (χ1) is 13.2. The molecule has 1 fully saturated rings. The first-order valence-corrected chi connectivity index (χ1v) is 10.2. The van der Waals surface area contributed by atoms with E-state index in [9.17, 15) is 0 Å². The molecule has 1 saturated heterocycles. The summed E-state index contributed by atoms with van der Waals surface area (Å²) in [7, 11) is 0. The van der Waals surface area contributed by atoms with E-state index >= 15 is 0 Å². The molecule has 1 aromatic carbocycles. The summed E-state index contributed by atoms with van der Waals surface area (Å²) in [5, 5.41) is 3.11. The number of aromatic nitrogens is 3. The molecule has 2 N–H and O–H groups in total. The van der Waals surface area contributed by atoms with E-state index in [1.54, 1.807) is 11.3 Å². The largest absolute Gasteiger partial charge is 0.370 e. The Morgan fingerprint density at radius 3 is 2.75 bits per heavy atom. The summed E-state index contributed by atoms with van der Waals surface area (Å²) in [6.07, 6.45) is 2.80. The molecular weight excluding hydrogens is 485 g/mol. The maximum Gasteiger partial charge on any atom is 0.191 e. The molecule has 0 atom stereocenters. The zero-order valence-electron chi connectivity index (χ0n) is 16.0. The monoisotopic (exact) mass is 511 g/mol. The van der Waals surface area contributed by atoms with Crippen molar-refractivity contribution >= 4 is 57.4 Å². The molecule has 0 saturated carbocycles. The molecule has 0 spiro atoms. The number of thiazole rings is 1. The van der Waals surface area contributed by atoms with E-state index in [0.717, 1.165) is 62.2 Å². The lowest BCUT2D eigenvalue weighted by molar-refractivity contribution is 0.380. The summed E-state index contributed by atoms with van der Waals surface area (Å²) in [6, 6.07) is 8.26. The number of nitrogens with two attached hydrogens (primary N) is 1. The minimum absolute atomic E-state index is 0. The van der Waals surface area contributed by atoms with Crippen molar-refractivity contribution < 1.29 is 0 Å². The lowest BCUT2D eigenvalue weighted by Gasteiger charge is -2.35. The van der Waals surface area contributed by atoms with Crippen molar-refractivity contribution in [2.45, 2.75) is 19.9 Å². The topological polar surface area (TPSA) is 75.6 Å². The molecule has 28 heavy (non-hydrogen) atoms. The van der Waals surface area contributed by atoms with Gasteiger partial charge in [0.25, 0.3) is 0 Å². The highest BCUT2D eigenvalue weighted by molar-refractivity contribution is 14.0. The Morgan fingerprint density at radius 1 is 1.21 bits per heavy atom. The molecule has 1 aliphatic rings. The van der Waals surface area contributed by atoms with Crippen molar-refractivity contribution in [3.8, 4) is 0 Å². The Hall–Kier alpha value is -1.88. The Labute approximate surface area is 186 Å². The highest BCUT2D eigenvalue weighted by Crippen LogP contribution is 2.19. The number of anilines is 1. The number of fused-ring (bicyclic) bond motifs is 1. The Bertz CT molecular complexity index is 914. The number of imidazole rings is 1. The van der Waals surface area contributed by atoms with Gasteiger partial charge in [0, 0.05) is 50.8 Å². The van der Waals surface area contributed by atoms with Crippen molar-refractivity contribution in [2.75, 3.05) is 37.6 Å². The van der Waals surface area contributed by atoms with Crippen LogP contribution in [0.25, 0.3) is 11.0 Å². The van der Waals surface area contributed by atoms with Gasteiger partial charge in [0.15, 0.2) is 11.1 Å². The highest BCUT2D eigenvalue weighted by atomic mass is 127. The van der Waals surface area contributed by atoms with E-state index in [0.29, 0.717) is 5.96 Å². The molecule has 0 unspecified atom stereocenters. The number of piperazine rings is 1. The van der Waals surface area contributed by atoms with Gasteiger partial charge in [-0.1, -0.05) is 12.1 Å². The van der Waals surface area contributed by atoms with Gasteiger partial charge >= 0.3 is 0 Å². The number of benzene rings is 1. The molecular formula is C19H26IN7S. The Morgan fingerprint density at radius 2 is 2.00 bits per heavy atom. The van der Waals surface area contributed by atoms with E-state index in [4.69, 9.17) is 5.73 Å². The number of aryl methyl sites for hydroxylation is 2. The molecule has 4 rings (SSSR count). The summed E-state index contributed by atoms with van der Waals surface area (Å²) in [6.45, 7) is 7.33. The van der Waals surface area contributed by atoms with Crippen LogP contribution in [-0.4, -0.2) is 58.1 Å². The zero-order valence-corrected chi connectivity index (χ0v) is 19.1. The number of nitrogens with zero attached hydrogens (tertiary/aromatic N) is 6. The quantitative estimate of drug-likeness (QED) is 0.247. The van der Waals surface area contributed by atoms with Crippen LogP contribution >= 0.6 is 35.3 Å². The first kappa shape index (κ1) is 20.8. The van der Waals surface area contributed by atoms with Crippen LogP contribution in [0.4, 0.5) is 5.13 Å². The van der Waals surface area contributed by atoms with Crippen LogP contribution in [0.2, 0.25) is 0 Å². The van der Waals surface area contributed by atoms with Gasteiger partial charge in [-0.3, -0.25) is 4.99 Å². The van der Waals surface area contributed by atoms with Crippen molar-refractivity contribution in [3.63, 3.8) is 0 Å². The van der Waals surface area contributed by atoms with Crippen molar-refractivity contribution in [1.82, 2.24) is 19.4 Å². The van der Waals surface area contributed by atoms with Crippen LogP contribution in [0.3, 0.4) is 0 Å². The fourth-order valence-electron chi connectivity index (χ4n) is 3.50. The van der Waals surface area contributed by atoms with Crippen LogP contribution in [-0.2, 0) is 6.54 Å². The SMILES string of the molecule is Cc1nc2ccccc2n1CCCN=C(N)N1CCN(c2nccs2)CC1.I. The molecule has 0 bridgehead atoms. The van der Waals surface area contributed by atoms with Crippen LogP contribution < -0.4 is 10.6 Å². The standard InChI is InChI=1S/C19H25N7S.HI/c1-15-23-16-5-2-3-6-17(16)26(15)9-4-7-21-18(20)24-10-12-25(13-11-24)19-22-8-14-27-19;/h2-3,5-6,8,14H,4,7,9-13H2,1H3,(H2,20,21);1H. The van der Waals surface area contributed by atoms with Gasteiger partial charge < -0.3 is 20.1 Å². The minimum Gasteiger partial charge on any atom is -0.370 e. The van der Waals surface area contributed by atoms with Gasteiger partial charge in [0.1, 0.15) is 5.82 Å². The van der Waals surface area contributed by atoms with Gasteiger partial charge in [-0.05, 0) is 25.5 Å². The highest BCUT2D eigenvalue weighted by Gasteiger charge is 2.19. The summed E-state index contributed by atoms with van der Waals surface area (Å²) in [4.78, 5) is 18.1. The number of halogens is 1. The van der Waals surface area contributed by atoms with Crippen molar-refractivity contribution in [2.24, 2.45) is 10.7 Å². The van der Waals surface area contributed by atoms with Gasteiger partial charge in [0.2, 0.25) is 0 Å². The predicted octanol–water partition coefficient (Wildman–Crippen LogP) is 2.95. The molecule has 0 aliphatic carbocycles. The Balaban J connectivity index is 0.00000225. The smallest absolute Gasteiger partial charge is 0.191 e. The fourth-order valence-corrected chi connectivity index (χ4v) is 4.20. The van der Waals surface area contributed by atoms with Gasteiger partial charge in [0.05, 0.1) is 11.0 Å². The molecule has 9 heteroatoms. The Kier molecular flexibility index (Phi) is 7.11. The minimum atomic E-state index is 0. The molecule has 3 heterocycles. The lowest BCUT2D eigenvalue weighted by atomic mass is 10.3. The first-order valence-electron chi connectivity index (χ1n) is 9.33. The number of hydrogen-bond acceptors (Lipinski definition) is 5. The summed E-state index contributed by atoms with van der Waals surface area (Å²) >= 11 is 1.68. The van der Waals surface area contributed by atoms with Crippen molar-refractivity contribution in [1.29, 1.82) is 0 Å². The lowest BCUT2D eigenvalue weighted by Crippen LogP contribution is -2.51. The molecule has 7 nitrogen and oxygen atoms in total. The van der Waals surface area contributed by atoms with Crippen LogP contribution in [0.15, 0.2) is 40.8 Å². The third kappa shape index (κ3) is 4.57. The van der Waals surface area contributed by atoms with Crippen LogP contribution in [0, 0.1) is 6.92 Å². The van der Waals surface area contributed by atoms with E-state index in [1.165, 1.54) is 5.52 Å². The third-order valence-electron chi connectivity index (χ3n) is 4.95. The number of aliphatic imine (C=N–C) groups is 1. The molecule has 150 valence electrons. The van der Waals surface area contributed by atoms with Crippen LogP contribution in [0.1, 0.15) is 12.2 Å². The van der Waals surface area contributed by atoms with Crippen molar-refractivity contribution in [3.05, 3.63) is 41.7 Å². The second kappa shape index (κ2) is 9.55. The average Bonchev–Trinajstić information content (AvgIpc) is 3.33. The summed E-state index contributed by atoms with van der Waals surface area (Å²) in [5.74, 6) is 1.70. The molecule has 0 radical (unpaired) electrons. The van der Waals surface area contributed by atoms with E-state index in [1.807, 2.05) is 17.6 Å². The van der Waals surface area contributed by atoms with E-state index in [2.05, 4.69) is 54.5 Å². The normalized spacial score (nSPS) is 15.1. The molecule has 0 amide bonds. The molecule has 2 aromatic heterocycles. The van der Waals surface area contributed by atoms with Gasteiger partial charge in [-0.2, -0.15) is 0 Å². The number of rotatable bonds is 5. The maximum absolute atomic E-state index is 6.22. The number of guanidine groups is 1. The van der Waals surface area contributed by atoms with E-state index < -0.39 is 0 Å². The van der Waals surface area contributed by atoms with Crippen LogP contribution in [0.5, 0.6) is 0 Å². The second-order valence-electron chi connectivity index (χ2n) is 6.68. The number of hydrogen-bond donors (Lipinski definition) is 1. The number of para-hydroxylation sites is 2. The maximum atomic E-state index is 6.22. The average molecular weight is 511 g/mol. The second-order valence-corrected chi connectivity index (χ2v) is 7.55. The summed E-state index contributed by atoms with van der Waals surface area (Å²) in [5.41, 5.74) is 8.46. The molecule has 3 aromatic rings. The van der Waals surface area contributed by atoms with Gasteiger partial charge in [-0.15, -0.1) is 35.3 Å². The van der Waals surface area contributed by atoms with E-state index in [-0.39, 0.29) is 24.0 Å². The zero-order chi connectivity index (χ0) is 18.6. The predicted molar refractivity (Wildman–Crippen MR) is 127 cm³/mol. The summed E-state index contributed by atoms with van der Waals surface area (Å²) < 4.78 is 2.26. The van der Waals surface area contributed by atoms with Gasteiger partial charge in [-0.25, -0.2) is 9.97 Å². The molecule has 1 aliphatic heterocycles. The third-order valence-corrected chi connectivity index (χ3v) is 5.78. The fraction of sp³-hybridized carbons (Fsp3) is 0.421.